The van der Waals surface area contributed by atoms with Crippen molar-refractivity contribution in [1.82, 2.24) is 9.47 Å². The Morgan fingerprint density at radius 2 is 1.65 bits per heavy atom. The first kappa shape index (κ1) is 23.5. The van der Waals surface area contributed by atoms with Gasteiger partial charge in [-0.2, -0.15) is 0 Å². The minimum Gasteiger partial charge on any atom is -0.451 e. The molecule has 2 amide bonds. The number of carbonyl (C=O) groups is 3. The van der Waals surface area contributed by atoms with E-state index >= 15 is 0 Å². The van der Waals surface area contributed by atoms with E-state index in [0.717, 1.165) is 0 Å². The smallest absolute Gasteiger partial charge is 0.356 e. The molecule has 3 aromatic rings. The summed E-state index contributed by atoms with van der Waals surface area (Å²) in [6.07, 6.45) is 0.962. The van der Waals surface area contributed by atoms with Crippen molar-refractivity contribution in [2.24, 2.45) is 18.7 Å². The van der Waals surface area contributed by atoms with Gasteiger partial charge in [0.05, 0.1) is 0 Å². The summed E-state index contributed by atoms with van der Waals surface area (Å²) in [5, 5.41) is 1.59. The number of benzene rings is 2. The molecule has 0 saturated carbocycles. The molecule has 0 atom stereocenters. The summed E-state index contributed by atoms with van der Waals surface area (Å²) < 4.78 is 6.63. The van der Waals surface area contributed by atoms with Gasteiger partial charge in [0.2, 0.25) is 5.91 Å². The number of rotatable bonds is 5. The van der Waals surface area contributed by atoms with Crippen LogP contribution in [0.5, 0.6) is 0 Å². The van der Waals surface area contributed by atoms with E-state index in [9.17, 15) is 19.2 Å². The molecule has 1 aromatic heterocycles. The molecular formula is C25H24ClN3O5. The third kappa shape index (κ3) is 4.54. The maximum absolute atomic E-state index is 13.2. The van der Waals surface area contributed by atoms with Crippen LogP contribution in [0.3, 0.4) is 0 Å². The Bertz CT molecular complexity index is 1320. The number of likely N-dealkylation sites (tertiary alicyclic amines) is 1. The van der Waals surface area contributed by atoms with Crippen LogP contribution < -0.4 is 11.3 Å². The molecule has 0 unspecified atom stereocenters. The van der Waals surface area contributed by atoms with Gasteiger partial charge in [-0.3, -0.25) is 14.4 Å². The highest BCUT2D eigenvalue weighted by molar-refractivity contribution is 6.30. The second-order valence-corrected chi connectivity index (χ2v) is 8.71. The second kappa shape index (κ2) is 9.69. The van der Waals surface area contributed by atoms with Gasteiger partial charge >= 0.3 is 5.97 Å². The Balaban J connectivity index is 1.64. The number of carbonyl (C=O) groups excluding carboxylic acids is 3. The van der Waals surface area contributed by atoms with Crippen molar-refractivity contribution in [3.05, 3.63) is 69.6 Å². The molecule has 1 aliphatic heterocycles. The van der Waals surface area contributed by atoms with Crippen LogP contribution in [-0.2, 0) is 21.4 Å². The number of halogens is 1. The first-order chi connectivity index (χ1) is 16.3. The third-order valence-corrected chi connectivity index (χ3v) is 6.46. The van der Waals surface area contributed by atoms with Crippen LogP contribution in [0.15, 0.2) is 53.3 Å². The molecule has 0 bridgehead atoms. The first-order valence-corrected chi connectivity index (χ1v) is 11.3. The van der Waals surface area contributed by atoms with E-state index in [0.29, 0.717) is 52.9 Å². The van der Waals surface area contributed by atoms with Crippen molar-refractivity contribution in [3.8, 4) is 11.1 Å². The number of esters is 1. The molecule has 1 saturated heterocycles. The molecule has 9 heteroatoms. The molecule has 1 fully saturated rings. The summed E-state index contributed by atoms with van der Waals surface area (Å²) in [6, 6.07) is 13.9. The van der Waals surface area contributed by atoms with Gasteiger partial charge in [-0.05, 0) is 42.0 Å². The zero-order valence-electron chi connectivity index (χ0n) is 18.6. The Kier molecular flexibility index (Phi) is 6.70. The van der Waals surface area contributed by atoms with E-state index in [1.54, 1.807) is 53.4 Å². The van der Waals surface area contributed by atoms with Crippen molar-refractivity contribution in [2.45, 2.75) is 12.8 Å². The monoisotopic (exact) mass is 481 g/mol. The maximum atomic E-state index is 13.2. The molecule has 34 heavy (non-hydrogen) atoms. The van der Waals surface area contributed by atoms with Gasteiger partial charge in [-0.1, -0.05) is 41.9 Å². The Morgan fingerprint density at radius 1 is 1.03 bits per heavy atom. The molecule has 2 aromatic carbocycles. The number of hydrogen-bond acceptors (Lipinski definition) is 5. The summed E-state index contributed by atoms with van der Waals surface area (Å²) in [5.74, 6) is -1.77. The average molecular weight is 482 g/mol. The molecule has 2 heterocycles. The van der Waals surface area contributed by atoms with Crippen LogP contribution in [0, 0.1) is 5.92 Å². The Labute approximate surface area is 200 Å². The van der Waals surface area contributed by atoms with Crippen LogP contribution in [-0.4, -0.2) is 46.9 Å². The lowest BCUT2D eigenvalue weighted by molar-refractivity contribution is -0.137. The highest BCUT2D eigenvalue weighted by Gasteiger charge is 2.28. The average Bonchev–Trinajstić information content (AvgIpc) is 2.85. The lowest BCUT2D eigenvalue weighted by Crippen LogP contribution is -2.43. The number of piperidine rings is 1. The standard InChI is InChI=1S/C25H24ClN3O5/c1-28-22(25(33)34-14-20(30)29-12-10-16(11-13-29)23(27)31)21(15-6-8-17(26)9-7-15)18-4-2-3-5-19(18)24(28)32/h2-9,16H,10-14H2,1H3,(H2,27,31). The molecule has 176 valence electrons. The number of nitrogens with zero attached hydrogens (tertiary/aromatic N) is 2. The largest absolute Gasteiger partial charge is 0.451 e. The molecule has 4 rings (SSSR count). The van der Waals surface area contributed by atoms with Crippen molar-refractivity contribution < 1.29 is 19.1 Å². The van der Waals surface area contributed by atoms with Gasteiger partial charge in [-0.15, -0.1) is 0 Å². The number of pyridine rings is 1. The zero-order chi connectivity index (χ0) is 24.4. The van der Waals surface area contributed by atoms with Gasteiger partial charge in [0.1, 0.15) is 5.69 Å². The summed E-state index contributed by atoms with van der Waals surface area (Å²) >= 11 is 6.05. The number of amides is 2. The minimum absolute atomic E-state index is 0.0475. The number of aromatic nitrogens is 1. The van der Waals surface area contributed by atoms with Crippen molar-refractivity contribution in [1.29, 1.82) is 0 Å². The molecule has 1 aliphatic rings. The quantitative estimate of drug-likeness (QED) is 0.563. The second-order valence-electron chi connectivity index (χ2n) is 8.27. The molecule has 0 aliphatic carbocycles. The van der Waals surface area contributed by atoms with Crippen LogP contribution in [0.2, 0.25) is 5.02 Å². The highest BCUT2D eigenvalue weighted by atomic mass is 35.5. The van der Waals surface area contributed by atoms with Crippen molar-refractivity contribution in [3.63, 3.8) is 0 Å². The number of hydrogen-bond donors (Lipinski definition) is 1. The number of ether oxygens (including phenoxy) is 1. The minimum atomic E-state index is -0.782. The maximum Gasteiger partial charge on any atom is 0.356 e. The molecule has 0 radical (unpaired) electrons. The van der Waals surface area contributed by atoms with Gasteiger partial charge < -0.3 is 19.9 Å². The molecule has 2 N–H and O–H groups in total. The summed E-state index contributed by atoms with van der Waals surface area (Å²) in [7, 11) is 1.50. The number of nitrogens with two attached hydrogens (primary N) is 1. The van der Waals surface area contributed by atoms with Crippen LogP contribution in [0.1, 0.15) is 23.3 Å². The Morgan fingerprint density at radius 3 is 2.26 bits per heavy atom. The van der Waals surface area contributed by atoms with E-state index in [-0.39, 0.29) is 29.0 Å². The zero-order valence-corrected chi connectivity index (χ0v) is 19.4. The fourth-order valence-electron chi connectivity index (χ4n) is 4.31. The van der Waals surface area contributed by atoms with Crippen molar-refractivity contribution in [2.75, 3.05) is 19.7 Å². The number of primary amides is 1. The van der Waals surface area contributed by atoms with Gasteiger partial charge in [0, 0.05) is 42.0 Å². The SMILES string of the molecule is Cn1c(C(=O)OCC(=O)N2CCC(C(N)=O)CC2)c(-c2ccc(Cl)cc2)c2ccccc2c1=O. The third-order valence-electron chi connectivity index (χ3n) is 6.21. The van der Waals surface area contributed by atoms with Gasteiger partial charge in [-0.25, -0.2) is 4.79 Å². The predicted molar refractivity (Wildman–Crippen MR) is 128 cm³/mol. The molecule has 0 spiro atoms. The summed E-state index contributed by atoms with van der Waals surface area (Å²) in [6.45, 7) is 0.268. The topological polar surface area (TPSA) is 112 Å². The van der Waals surface area contributed by atoms with E-state index in [1.165, 1.54) is 11.6 Å². The van der Waals surface area contributed by atoms with E-state index < -0.39 is 12.6 Å². The Hall–Kier alpha value is -3.65. The van der Waals surface area contributed by atoms with E-state index in [2.05, 4.69) is 0 Å². The van der Waals surface area contributed by atoms with E-state index in [4.69, 9.17) is 22.1 Å². The highest BCUT2D eigenvalue weighted by Crippen LogP contribution is 2.31. The molecular weight excluding hydrogens is 458 g/mol. The normalized spacial score (nSPS) is 14.2. The van der Waals surface area contributed by atoms with Crippen LogP contribution in [0.25, 0.3) is 21.9 Å². The summed E-state index contributed by atoms with van der Waals surface area (Å²) in [4.78, 5) is 51.7. The van der Waals surface area contributed by atoms with Gasteiger partial charge in [0.15, 0.2) is 6.61 Å². The fourth-order valence-corrected chi connectivity index (χ4v) is 4.44. The first-order valence-electron chi connectivity index (χ1n) is 10.9. The number of fused-ring (bicyclic) bond motifs is 1. The fraction of sp³-hybridized carbons (Fsp3) is 0.280. The lowest BCUT2D eigenvalue weighted by atomic mass is 9.96. The van der Waals surface area contributed by atoms with Crippen molar-refractivity contribution >= 4 is 40.2 Å². The predicted octanol–water partition coefficient (Wildman–Crippen LogP) is 2.74. The molecule has 8 nitrogen and oxygen atoms in total. The lowest BCUT2D eigenvalue weighted by Gasteiger charge is -2.30. The van der Waals surface area contributed by atoms with E-state index in [1.807, 2.05) is 0 Å². The van der Waals surface area contributed by atoms with Crippen LogP contribution in [0.4, 0.5) is 0 Å². The van der Waals surface area contributed by atoms with Crippen LogP contribution >= 0.6 is 11.6 Å². The summed E-state index contributed by atoms with van der Waals surface area (Å²) in [5.41, 5.74) is 6.25. The van der Waals surface area contributed by atoms with Gasteiger partial charge in [0.25, 0.3) is 11.5 Å².